The largest absolute Gasteiger partial charge is 0.338 e. The smallest absolute Gasteiger partial charge is 0.256 e. The fraction of sp³-hybridized carbons (Fsp3) is 0.348. The summed E-state index contributed by atoms with van der Waals surface area (Å²) in [5.74, 6) is -0.953. The Kier molecular flexibility index (Phi) is 4.55. The van der Waals surface area contributed by atoms with E-state index in [1.165, 1.54) is 12.1 Å². The van der Waals surface area contributed by atoms with Crippen LogP contribution in [0.4, 0.5) is 4.39 Å². The number of imidazole rings is 1. The van der Waals surface area contributed by atoms with E-state index in [0.717, 1.165) is 29.4 Å². The number of halogens is 1. The number of hydrogen-bond donors (Lipinski definition) is 1. The summed E-state index contributed by atoms with van der Waals surface area (Å²) in [5.41, 5.74) is 8.69. The number of rotatable bonds is 3. The first-order valence-electron chi connectivity index (χ1n) is 10.4. The highest BCUT2D eigenvalue weighted by molar-refractivity contribution is 5.95. The second kappa shape index (κ2) is 7.16. The molecule has 3 aromatic rings. The van der Waals surface area contributed by atoms with E-state index in [1.807, 2.05) is 29.8 Å². The molecule has 2 amide bonds. The van der Waals surface area contributed by atoms with Crippen LogP contribution in [0.2, 0.25) is 0 Å². The predicted octanol–water partition coefficient (Wildman–Crippen LogP) is 2.16. The molecule has 0 radical (unpaired) electrons. The molecule has 2 heterocycles. The zero-order valence-electron chi connectivity index (χ0n) is 17.3. The molecule has 160 valence electrons. The minimum atomic E-state index is -0.702. The maximum atomic E-state index is 14.9. The first kappa shape index (κ1) is 19.7. The quantitative estimate of drug-likeness (QED) is 0.702. The summed E-state index contributed by atoms with van der Waals surface area (Å²) in [6.07, 6.45) is 3.17. The molecule has 2 aromatic carbocycles. The predicted molar refractivity (Wildman–Crippen MR) is 115 cm³/mol. The van der Waals surface area contributed by atoms with E-state index in [0.29, 0.717) is 31.7 Å². The van der Waals surface area contributed by atoms with E-state index in [9.17, 15) is 14.0 Å². The lowest BCUT2D eigenvalue weighted by molar-refractivity contribution is -0.135. The number of hydrogen-bond acceptors (Lipinski definition) is 4. The van der Waals surface area contributed by atoms with Crippen LogP contribution in [-0.4, -0.2) is 62.9 Å². The van der Waals surface area contributed by atoms with Gasteiger partial charge in [0.25, 0.3) is 5.91 Å². The van der Waals surface area contributed by atoms with Crippen molar-refractivity contribution in [3.63, 3.8) is 0 Å². The monoisotopic (exact) mass is 421 g/mol. The second-order valence-corrected chi connectivity index (χ2v) is 8.49. The van der Waals surface area contributed by atoms with Crippen molar-refractivity contribution in [3.05, 3.63) is 54.1 Å². The van der Waals surface area contributed by atoms with Crippen LogP contribution in [0.5, 0.6) is 0 Å². The van der Waals surface area contributed by atoms with Gasteiger partial charge in [0.2, 0.25) is 5.91 Å². The van der Waals surface area contributed by atoms with Gasteiger partial charge >= 0.3 is 0 Å². The number of nitrogens with two attached hydrogens (primary N) is 1. The molecule has 2 aliphatic rings. The van der Waals surface area contributed by atoms with Crippen LogP contribution in [0.1, 0.15) is 23.2 Å². The standard InChI is InChI=1S/C23H24FN5O2/c1-27-14-26-19-13-16(3-5-20(19)27)15-2-4-17(18(24)12-15)21(30)28-8-10-29(11-9-28)22(31)23(25)6-7-23/h2-5,12-14H,6-11,25H2,1H3. The van der Waals surface area contributed by atoms with Gasteiger partial charge in [-0.3, -0.25) is 9.59 Å². The Hall–Kier alpha value is -3.26. The van der Waals surface area contributed by atoms with Crippen molar-refractivity contribution in [2.45, 2.75) is 18.4 Å². The third-order valence-electron chi connectivity index (χ3n) is 6.33. The zero-order chi connectivity index (χ0) is 21.8. The fourth-order valence-electron chi connectivity index (χ4n) is 4.13. The van der Waals surface area contributed by atoms with Crippen LogP contribution in [0.3, 0.4) is 0 Å². The second-order valence-electron chi connectivity index (χ2n) is 8.49. The molecule has 1 saturated carbocycles. The molecule has 7 nitrogen and oxygen atoms in total. The average Bonchev–Trinajstić information content (AvgIpc) is 3.44. The molecule has 5 rings (SSSR count). The maximum absolute atomic E-state index is 14.9. The van der Waals surface area contributed by atoms with E-state index in [4.69, 9.17) is 5.73 Å². The average molecular weight is 421 g/mol. The van der Waals surface area contributed by atoms with Crippen molar-refractivity contribution in [3.8, 4) is 11.1 Å². The fourth-order valence-corrected chi connectivity index (χ4v) is 4.13. The van der Waals surface area contributed by atoms with Gasteiger partial charge in [-0.05, 0) is 48.2 Å². The molecule has 0 bridgehead atoms. The summed E-state index contributed by atoms with van der Waals surface area (Å²) in [6.45, 7) is 1.59. The highest BCUT2D eigenvalue weighted by Crippen LogP contribution is 2.34. The number of amides is 2. The lowest BCUT2D eigenvalue weighted by atomic mass is 10.0. The van der Waals surface area contributed by atoms with Crippen LogP contribution in [0.25, 0.3) is 22.2 Å². The molecule has 1 saturated heterocycles. The van der Waals surface area contributed by atoms with Crippen molar-refractivity contribution >= 4 is 22.8 Å². The van der Waals surface area contributed by atoms with E-state index in [2.05, 4.69) is 4.98 Å². The van der Waals surface area contributed by atoms with E-state index in [-0.39, 0.29) is 17.4 Å². The van der Waals surface area contributed by atoms with Crippen molar-refractivity contribution < 1.29 is 14.0 Å². The van der Waals surface area contributed by atoms with Crippen molar-refractivity contribution in [1.82, 2.24) is 19.4 Å². The Balaban J connectivity index is 1.30. The number of aromatic nitrogens is 2. The van der Waals surface area contributed by atoms with Gasteiger partial charge in [-0.1, -0.05) is 12.1 Å². The topological polar surface area (TPSA) is 84.5 Å². The molecule has 0 spiro atoms. The highest BCUT2D eigenvalue weighted by atomic mass is 19.1. The summed E-state index contributed by atoms with van der Waals surface area (Å²) in [5, 5.41) is 0. The van der Waals surface area contributed by atoms with Gasteiger partial charge in [0.1, 0.15) is 5.82 Å². The number of aryl methyl sites for hydroxylation is 1. The lowest BCUT2D eigenvalue weighted by Crippen LogP contribution is -2.55. The van der Waals surface area contributed by atoms with Gasteiger partial charge in [-0.15, -0.1) is 0 Å². The van der Waals surface area contributed by atoms with Crippen LogP contribution >= 0.6 is 0 Å². The van der Waals surface area contributed by atoms with Crippen LogP contribution in [-0.2, 0) is 11.8 Å². The SMILES string of the molecule is Cn1cnc2cc(-c3ccc(C(=O)N4CCN(C(=O)C5(N)CC5)CC4)c(F)c3)ccc21. The van der Waals surface area contributed by atoms with Gasteiger partial charge in [0.05, 0.1) is 28.5 Å². The molecule has 1 aliphatic heterocycles. The number of nitrogens with zero attached hydrogens (tertiary/aromatic N) is 4. The number of benzene rings is 2. The van der Waals surface area contributed by atoms with Gasteiger partial charge in [-0.2, -0.15) is 0 Å². The first-order chi connectivity index (χ1) is 14.9. The maximum Gasteiger partial charge on any atom is 0.256 e. The Labute approximate surface area is 179 Å². The van der Waals surface area contributed by atoms with Gasteiger partial charge < -0.3 is 20.1 Å². The number of fused-ring (bicyclic) bond motifs is 1. The highest BCUT2D eigenvalue weighted by Gasteiger charge is 2.48. The Morgan fingerprint density at radius 1 is 1.00 bits per heavy atom. The van der Waals surface area contributed by atoms with E-state index < -0.39 is 11.4 Å². The van der Waals surface area contributed by atoms with E-state index in [1.54, 1.807) is 22.2 Å². The Morgan fingerprint density at radius 3 is 2.32 bits per heavy atom. The summed E-state index contributed by atoms with van der Waals surface area (Å²) in [6, 6.07) is 10.5. The summed E-state index contributed by atoms with van der Waals surface area (Å²) >= 11 is 0. The van der Waals surface area contributed by atoms with Crippen LogP contribution in [0.15, 0.2) is 42.7 Å². The molecular weight excluding hydrogens is 397 g/mol. The molecule has 31 heavy (non-hydrogen) atoms. The van der Waals surface area contributed by atoms with Gasteiger partial charge in [-0.25, -0.2) is 9.37 Å². The third kappa shape index (κ3) is 3.46. The number of piperazine rings is 1. The summed E-state index contributed by atoms with van der Waals surface area (Å²) in [7, 11) is 1.92. The molecule has 8 heteroatoms. The molecule has 1 aromatic heterocycles. The van der Waals surface area contributed by atoms with Crippen LogP contribution < -0.4 is 5.73 Å². The molecule has 2 fully saturated rings. The van der Waals surface area contributed by atoms with Crippen molar-refractivity contribution in [2.24, 2.45) is 12.8 Å². The number of carbonyl (C=O) groups excluding carboxylic acids is 2. The minimum absolute atomic E-state index is 0.0416. The summed E-state index contributed by atoms with van der Waals surface area (Å²) in [4.78, 5) is 32.9. The molecular formula is C23H24FN5O2. The van der Waals surface area contributed by atoms with Gasteiger partial charge in [0, 0.05) is 33.2 Å². The molecule has 0 unspecified atom stereocenters. The van der Waals surface area contributed by atoms with Crippen molar-refractivity contribution in [2.75, 3.05) is 26.2 Å². The van der Waals surface area contributed by atoms with E-state index >= 15 is 0 Å². The zero-order valence-corrected chi connectivity index (χ0v) is 17.3. The summed E-state index contributed by atoms with van der Waals surface area (Å²) < 4.78 is 16.8. The molecule has 1 aliphatic carbocycles. The Morgan fingerprint density at radius 2 is 1.65 bits per heavy atom. The molecule has 0 atom stereocenters. The normalized spacial score (nSPS) is 17.8. The third-order valence-corrected chi connectivity index (χ3v) is 6.33. The Bertz CT molecular complexity index is 1190. The first-order valence-corrected chi connectivity index (χ1v) is 10.4. The minimum Gasteiger partial charge on any atom is -0.338 e. The lowest BCUT2D eigenvalue weighted by Gasteiger charge is -2.36. The van der Waals surface area contributed by atoms with Gasteiger partial charge in [0.15, 0.2) is 0 Å². The number of carbonyl (C=O) groups is 2. The van der Waals surface area contributed by atoms with Crippen molar-refractivity contribution in [1.29, 1.82) is 0 Å². The molecule has 2 N–H and O–H groups in total. The van der Waals surface area contributed by atoms with Crippen LogP contribution in [0, 0.1) is 5.82 Å².